The first-order chi connectivity index (χ1) is 8.73. The van der Waals surface area contributed by atoms with Crippen molar-refractivity contribution >= 4 is 11.9 Å². The molecule has 19 heavy (non-hydrogen) atoms. The van der Waals surface area contributed by atoms with Gasteiger partial charge in [-0.15, -0.1) is 0 Å². The molecule has 0 bridgehead atoms. The maximum atomic E-state index is 10.7. The predicted molar refractivity (Wildman–Crippen MR) is 65.2 cm³/mol. The Kier molecular flexibility index (Phi) is 4.09. The van der Waals surface area contributed by atoms with Crippen LogP contribution in [-0.4, -0.2) is 53.0 Å². The van der Waals surface area contributed by atoms with Gasteiger partial charge in [0, 0.05) is 28.2 Å². The van der Waals surface area contributed by atoms with Crippen molar-refractivity contribution in [1.82, 2.24) is 15.0 Å². The molecule has 0 spiro atoms. The molecule has 11 nitrogen and oxygen atoms in total. The third-order valence-corrected chi connectivity index (χ3v) is 2.06. The summed E-state index contributed by atoms with van der Waals surface area (Å²) >= 11 is 0. The summed E-state index contributed by atoms with van der Waals surface area (Å²) in [7, 11) is 6.47. The second kappa shape index (κ2) is 5.37. The van der Waals surface area contributed by atoms with Crippen molar-refractivity contribution in [3.05, 3.63) is 26.1 Å². The van der Waals surface area contributed by atoms with Crippen LogP contribution >= 0.6 is 0 Å². The summed E-state index contributed by atoms with van der Waals surface area (Å²) in [4.78, 5) is 33.9. The van der Waals surface area contributed by atoms with E-state index >= 15 is 0 Å². The minimum absolute atomic E-state index is 0.113. The molecule has 0 radical (unpaired) electrons. The Hall–Kier alpha value is -2.59. The molecular formula is C8H13N7O4. The molecule has 1 heterocycles. The highest BCUT2D eigenvalue weighted by atomic mass is 16.7. The summed E-state index contributed by atoms with van der Waals surface area (Å²) in [6.45, 7) is 0. The molecular weight excluding hydrogens is 258 g/mol. The second-order valence-electron chi connectivity index (χ2n) is 4.03. The number of rotatable bonds is 5. The van der Waals surface area contributed by atoms with Gasteiger partial charge in [-0.05, 0) is 0 Å². The normalized spacial score (nSPS) is 10.4. The fourth-order valence-corrected chi connectivity index (χ4v) is 1.15. The number of aromatic nitrogens is 3. The SMILES string of the molecule is CN(C)c1nc(C([N+](=O)[O-])[N+](=O)[O-])nc(N(C)C)n1. The Morgan fingerprint density at radius 3 is 1.53 bits per heavy atom. The maximum Gasteiger partial charge on any atom is 0.509 e. The van der Waals surface area contributed by atoms with E-state index in [1.54, 1.807) is 28.2 Å². The van der Waals surface area contributed by atoms with Crippen LogP contribution in [0.2, 0.25) is 0 Å². The first-order valence-corrected chi connectivity index (χ1v) is 5.11. The van der Waals surface area contributed by atoms with Gasteiger partial charge in [-0.3, -0.25) is 20.2 Å². The third-order valence-electron chi connectivity index (χ3n) is 2.06. The number of hydrogen-bond donors (Lipinski definition) is 0. The summed E-state index contributed by atoms with van der Waals surface area (Å²) < 4.78 is 0. The van der Waals surface area contributed by atoms with Crippen molar-refractivity contribution in [2.75, 3.05) is 38.0 Å². The van der Waals surface area contributed by atoms with E-state index in [-0.39, 0.29) is 11.9 Å². The first kappa shape index (κ1) is 14.5. The lowest BCUT2D eigenvalue weighted by Gasteiger charge is -2.15. The third kappa shape index (κ3) is 3.20. The topological polar surface area (TPSA) is 131 Å². The molecule has 0 aliphatic rings. The molecule has 0 amide bonds. The molecule has 0 unspecified atom stereocenters. The highest BCUT2D eigenvalue weighted by molar-refractivity contribution is 5.36. The highest BCUT2D eigenvalue weighted by Gasteiger charge is 2.39. The largest absolute Gasteiger partial charge is 0.509 e. The van der Waals surface area contributed by atoms with Gasteiger partial charge >= 0.3 is 6.17 Å². The van der Waals surface area contributed by atoms with Crippen molar-refractivity contribution in [3.8, 4) is 0 Å². The summed E-state index contributed by atoms with van der Waals surface area (Å²) in [5.41, 5.74) is 0. The lowest BCUT2D eigenvalue weighted by molar-refractivity contribution is -0.754. The van der Waals surface area contributed by atoms with Crippen molar-refractivity contribution in [2.24, 2.45) is 0 Å². The summed E-state index contributed by atoms with van der Waals surface area (Å²) in [6.07, 6.45) is -2.21. The molecule has 11 heteroatoms. The lowest BCUT2D eigenvalue weighted by Crippen LogP contribution is -2.26. The van der Waals surface area contributed by atoms with E-state index in [4.69, 9.17) is 0 Å². The second-order valence-corrected chi connectivity index (χ2v) is 4.03. The van der Waals surface area contributed by atoms with Gasteiger partial charge in [-0.25, -0.2) is 0 Å². The molecule has 1 aromatic rings. The molecule has 0 aromatic carbocycles. The van der Waals surface area contributed by atoms with E-state index in [0.717, 1.165) is 0 Å². The van der Waals surface area contributed by atoms with Gasteiger partial charge < -0.3 is 9.80 Å². The Bertz CT molecular complexity index is 464. The number of nitrogens with zero attached hydrogens (tertiary/aromatic N) is 7. The molecule has 1 rings (SSSR count). The average Bonchev–Trinajstić information content (AvgIpc) is 2.27. The van der Waals surface area contributed by atoms with Crippen LogP contribution in [0, 0.1) is 20.2 Å². The minimum atomic E-state index is -2.21. The van der Waals surface area contributed by atoms with Crippen LogP contribution in [0.3, 0.4) is 0 Å². The highest BCUT2D eigenvalue weighted by Crippen LogP contribution is 2.18. The van der Waals surface area contributed by atoms with Crippen molar-refractivity contribution in [1.29, 1.82) is 0 Å². The van der Waals surface area contributed by atoms with Gasteiger partial charge in [-0.2, -0.15) is 15.0 Å². The Morgan fingerprint density at radius 1 is 0.895 bits per heavy atom. The van der Waals surface area contributed by atoms with Crippen LogP contribution in [0.5, 0.6) is 0 Å². The zero-order chi connectivity index (χ0) is 14.7. The lowest BCUT2D eigenvalue weighted by atomic mass is 10.5. The Balaban J connectivity index is 3.40. The van der Waals surface area contributed by atoms with E-state index in [2.05, 4.69) is 15.0 Å². The molecule has 1 aromatic heterocycles. The van der Waals surface area contributed by atoms with Crippen molar-refractivity contribution in [3.63, 3.8) is 0 Å². The van der Waals surface area contributed by atoms with Crippen molar-refractivity contribution < 1.29 is 9.85 Å². The van der Waals surface area contributed by atoms with Gasteiger partial charge in [0.2, 0.25) is 11.9 Å². The van der Waals surface area contributed by atoms with E-state index in [0.29, 0.717) is 0 Å². The van der Waals surface area contributed by atoms with Gasteiger partial charge in [0.25, 0.3) is 5.82 Å². The molecule has 0 aliphatic carbocycles. The Labute approximate surface area is 108 Å². The van der Waals surface area contributed by atoms with Crippen LogP contribution < -0.4 is 9.80 Å². The average molecular weight is 271 g/mol. The predicted octanol–water partition coefficient (Wildman–Crippen LogP) is -0.444. The van der Waals surface area contributed by atoms with E-state index in [9.17, 15) is 20.2 Å². The molecule has 0 saturated heterocycles. The van der Waals surface area contributed by atoms with Gasteiger partial charge in [-0.1, -0.05) is 0 Å². The number of nitro groups is 2. The van der Waals surface area contributed by atoms with Gasteiger partial charge in [0.15, 0.2) is 0 Å². The zero-order valence-corrected chi connectivity index (χ0v) is 10.8. The monoisotopic (exact) mass is 271 g/mol. The van der Waals surface area contributed by atoms with Crippen molar-refractivity contribution in [2.45, 2.75) is 6.17 Å². The fraction of sp³-hybridized carbons (Fsp3) is 0.625. The zero-order valence-electron chi connectivity index (χ0n) is 10.8. The van der Waals surface area contributed by atoms with Crippen LogP contribution in [0.25, 0.3) is 0 Å². The van der Waals surface area contributed by atoms with Gasteiger partial charge in [0.05, 0.1) is 0 Å². The summed E-state index contributed by atoms with van der Waals surface area (Å²) in [6, 6.07) is 0. The molecule has 104 valence electrons. The number of anilines is 2. The van der Waals surface area contributed by atoms with Crippen LogP contribution in [0.15, 0.2) is 0 Å². The minimum Gasteiger partial charge on any atom is -0.347 e. The maximum absolute atomic E-state index is 10.7. The Morgan fingerprint density at radius 2 is 1.26 bits per heavy atom. The first-order valence-electron chi connectivity index (χ1n) is 5.11. The fourth-order valence-electron chi connectivity index (χ4n) is 1.15. The quantitative estimate of drug-likeness (QED) is 0.397. The number of hydrogen-bond acceptors (Lipinski definition) is 9. The summed E-state index contributed by atoms with van der Waals surface area (Å²) in [5.74, 6) is -0.276. The van der Waals surface area contributed by atoms with E-state index in [1.807, 2.05) is 0 Å². The standard InChI is InChI=1S/C8H13N7O4/c1-12(2)7-9-5(6(14(16)17)15(18)19)10-8(11-7)13(3)4/h6H,1-4H3. The summed E-state index contributed by atoms with van der Waals surface area (Å²) in [5, 5.41) is 21.5. The molecule has 0 saturated carbocycles. The van der Waals surface area contributed by atoms with Crippen LogP contribution in [-0.2, 0) is 0 Å². The molecule has 0 aliphatic heterocycles. The molecule has 0 atom stereocenters. The van der Waals surface area contributed by atoms with Crippen LogP contribution in [0.4, 0.5) is 11.9 Å². The van der Waals surface area contributed by atoms with Crippen LogP contribution in [0.1, 0.15) is 12.0 Å². The van der Waals surface area contributed by atoms with Gasteiger partial charge in [0.1, 0.15) is 9.85 Å². The molecule has 0 N–H and O–H groups in total. The van der Waals surface area contributed by atoms with E-state index < -0.39 is 21.8 Å². The molecule has 0 fully saturated rings. The van der Waals surface area contributed by atoms with E-state index in [1.165, 1.54) is 9.80 Å². The smallest absolute Gasteiger partial charge is 0.347 e.